The summed E-state index contributed by atoms with van der Waals surface area (Å²) in [6.07, 6.45) is 0. The number of carbonyl (C=O) groups excluding carboxylic acids is 1. The summed E-state index contributed by atoms with van der Waals surface area (Å²) in [6, 6.07) is 7.28. The maximum Gasteiger partial charge on any atom is 0.251 e. The van der Waals surface area contributed by atoms with Crippen molar-refractivity contribution in [2.24, 2.45) is 4.99 Å². The minimum atomic E-state index is -0.182. The van der Waals surface area contributed by atoms with Crippen LogP contribution in [0.2, 0.25) is 0 Å². The minimum Gasteiger partial charge on any atom is -0.475 e. The van der Waals surface area contributed by atoms with Crippen LogP contribution in [0.25, 0.3) is 0 Å². The van der Waals surface area contributed by atoms with Gasteiger partial charge in [0.25, 0.3) is 5.91 Å². The van der Waals surface area contributed by atoms with E-state index in [1.807, 2.05) is 26.0 Å². The highest BCUT2D eigenvalue weighted by atomic mass is 16.5. The van der Waals surface area contributed by atoms with Crippen LogP contribution in [0.4, 0.5) is 0 Å². The molecule has 0 saturated heterocycles. The second kappa shape index (κ2) is 4.20. The van der Waals surface area contributed by atoms with Crippen LogP contribution in [-0.4, -0.2) is 31.0 Å². The number of benzene rings is 1. The molecular weight excluding hydrogens is 216 g/mol. The van der Waals surface area contributed by atoms with Crippen molar-refractivity contribution in [2.75, 3.05) is 13.7 Å². The molecule has 0 fully saturated rings. The Morgan fingerprint density at radius 2 is 2.24 bits per heavy atom. The summed E-state index contributed by atoms with van der Waals surface area (Å²) in [6.45, 7) is 4.61. The number of hydrogen-bond acceptors (Lipinski definition) is 3. The maximum absolute atomic E-state index is 11.5. The lowest BCUT2D eigenvalue weighted by Crippen LogP contribution is -2.18. The van der Waals surface area contributed by atoms with E-state index in [4.69, 9.17) is 4.74 Å². The van der Waals surface area contributed by atoms with Gasteiger partial charge in [-0.1, -0.05) is 6.07 Å². The molecule has 90 valence electrons. The van der Waals surface area contributed by atoms with Crippen LogP contribution in [0.5, 0.6) is 0 Å². The van der Waals surface area contributed by atoms with Crippen molar-refractivity contribution in [3.8, 4) is 0 Å². The second-order valence-electron chi connectivity index (χ2n) is 4.68. The molecule has 1 aliphatic heterocycles. The van der Waals surface area contributed by atoms with Crippen molar-refractivity contribution in [2.45, 2.75) is 19.4 Å². The van der Waals surface area contributed by atoms with Crippen LogP contribution in [0.3, 0.4) is 0 Å². The lowest BCUT2D eigenvalue weighted by molar-refractivity contribution is 0.0963. The van der Waals surface area contributed by atoms with E-state index in [-0.39, 0.29) is 11.4 Å². The van der Waals surface area contributed by atoms with Crippen LogP contribution in [0, 0.1) is 0 Å². The van der Waals surface area contributed by atoms with Crippen molar-refractivity contribution in [3.05, 3.63) is 35.4 Å². The number of nitrogens with one attached hydrogen (secondary N) is 1. The van der Waals surface area contributed by atoms with Gasteiger partial charge in [0.1, 0.15) is 6.61 Å². The molecule has 1 amide bonds. The van der Waals surface area contributed by atoms with E-state index in [0.29, 0.717) is 18.1 Å². The molecule has 1 N–H and O–H groups in total. The van der Waals surface area contributed by atoms with Gasteiger partial charge in [0, 0.05) is 18.2 Å². The SMILES string of the molecule is CNC(=O)c1cccc(C2=NC(C)(C)CO2)c1. The van der Waals surface area contributed by atoms with E-state index in [1.54, 1.807) is 19.2 Å². The molecule has 4 nitrogen and oxygen atoms in total. The highest BCUT2D eigenvalue weighted by Crippen LogP contribution is 2.21. The largest absolute Gasteiger partial charge is 0.475 e. The number of aliphatic imine (C=N–C) groups is 1. The van der Waals surface area contributed by atoms with Crippen LogP contribution >= 0.6 is 0 Å². The fourth-order valence-electron chi connectivity index (χ4n) is 1.67. The third kappa shape index (κ3) is 2.46. The van der Waals surface area contributed by atoms with Gasteiger partial charge in [-0.25, -0.2) is 4.99 Å². The van der Waals surface area contributed by atoms with Crippen molar-refractivity contribution in [1.82, 2.24) is 5.32 Å². The topological polar surface area (TPSA) is 50.7 Å². The van der Waals surface area contributed by atoms with Gasteiger partial charge >= 0.3 is 0 Å². The third-order valence-corrected chi connectivity index (χ3v) is 2.57. The molecular formula is C13H16N2O2. The number of nitrogens with zero attached hydrogens (tertiary/aromatic N) is 1. The number of hydrogen-bond donors (Lipinski definition) is 1. The standard InChI is InChI=1S/C13H16N2O2/c1-13(2)8-17-12(15-13)10-6-4-5-9(7-10)11(16)14-3/h4-7H,8H2,1-3H3,(H,14,16). The van der Waals surface area contributed by atoms with Crippen LogP contribution < -0.4 is 5.32 Å². The number of rotatable bonds is 2. The van der Waals surface area contributed by atoms with E-state index in [1.165, 1.54) is 0 Å². The minimum absolute atomic E-state index is 0.107. The molecule has 1 aromatic rings. The predicted molar refractivity (Wildman–Crippen MR) is 66.4 cm³/mol. The Labute approximate surface area is 101 Å². The Kier molecular flexibility index (Phi) is 2.88. The van der Waals surface area contributed by atoms with Gasteiger partial charge in [0.2, 0.25) is 5.90 Å². The fraction of sp³-hybridized carbons (Fsp3) is 0.385. The lowest BCUT2D eigenvalue weighted by atomic mass is 10.1. The summed E-state index contributed by atoms with van der Waals surface area (Å²) in [7, 11) is 1.61. The predicted octanol–water partition coefficient (Wildman–Crippen LogP) is 1.60. The zero-order valence-electron chi connectivity index (χ0n) is 10.3. The van der Waals surface area contributed by atoms with Crippen molar-refractivity contribution in [3.63, 3.8) is 0 Å². The first-order valence-corrected chi connectivity index (χ1v) is 5.57. The first kappa shape index (κ1) is 11.6. The van der Waals surface area contributed by atoms with Crippen LogP contribution in [-0.2, 0) is 4.74 Å². The van der Waals surface area contributed by atoms with E-state index < -0.39 is 0 Å². The van der Waals surface area contributed by atoms with Gasteiger partial charge in [-0.2, -0.15) is 0 Å². The highest BCUT2D eigenvalue weighted by Gasteiger charge is 2.27. The molecule has 4 heteroatoms. The van der Waals surface area contributed by atoms with E-state index in [0.717, 1.165) is 5.56 Å². The third-order valence-electron chi connectivity index (χ3n) is 2.57. The van der Waals surface area contributed by atoms with Crippen molar-refractivity contribution < 1.29 is 9.53 Å². The molecule has 0 saturated carbocycles. The average molecular weight is 232 g/mol. The summed E-state index contributed by atoms with van der Waals surface area (Å²) < 4.78 is 5.54. The summed E-state index contributed by atoms with van der Waals surface area (Å²) in [5.41, 5.74) is 1.27. The first-order chi connectivity index (χ1) is 8.02. The van der Waals surface area contributed by atoms with Gasteiger partial charge in [-0.3, -0.25) is 4.79 Å². The van der Waals surface area contributed by atoms with Crippen molar-refractivity contribution in [1.29, 1.82) is 0 Å². The van der Waals surface area contributed by atoms with Gasteiger partial charge in [0.05, 0.1) is 5.54 Å². The molecule has 1 aromatic carbocycles. The summed E-state index contributed by atoms with van der Waals surface area (Å²) in [5.74, 6) is 0.505. The summed E-state index contributed by atoms with van der Waals surface area (Å²) in [4.78, 5) is 16.0. The normalized spacial score (nSPS) is 17.2. The van der Waals surface area contributed by atoms with Gasteiger partial charge in [-0.15, -0.1) is 0 Å². The van der Waals surface area contributed by atoms with E-state index >= 15 is 0 Å². The molecule has 0 aromatic heterocycles. The summed E-state index contributed by atoms with van der Waals surface area (Å²) in [5, 5.41) is 2.60. The Bertz CT molecular complexity index is 478. The molecule has 0 atom stereocenters. The average Bonchev–Trinajstić information content (AvgIpc) is 2.69. The molecule has 0 aliphatic carbocycles. The summed E-state index contributed by atoms with van der Waals surface area (Å²) >= 11 is 0. The monoisotopic (exact) mass is 232 g/mol. The quantitative estimate of drug-likeness (QED) is 0.842. The number of ether oxygens (including phenoxy) is 1. The molecule has 0 radical (unpaired) electrons. The van der Waals surface area contributed by atoms with E-state index in [9.17, 15) is 4.79 Å². The van der Waals surface area contributed by atoms with Gasteiger partial charge < -0.3 is 10.1 Å². The molecule has 2 rings (SSSR count). The molecule has 0 unspecified atom stereocenters. The Morgan fingerprint density at radius 1 is 1.47 bits per heavy atom. The second-order valence-corrected chi connectivity index (χ2v) is 4.68. The van der Waals surface area contributed by atoms with Crippen LogP contribution in [0.15, 0.2) is 29.3 Å². The lowest BCUT2D eigenvalue weighted by Gasteiger charge is -2.07. The molecule has 1 aliphatic rings. The number of carbonyl (C=O) groups is 1. The van der Waals surface area contributed by atoms with Crippen LogP contribution in [0.1, 0.15) is 29.8 Å². The zero-order chi connectivity index (χ0) is 12.5. The molecule has 0 spiro atoms. The molecule has 0 bridgehead atoms. The molecule has 17 heavy (non-hydrogen) atoms. The highest BCUT2D eigenvalue weighted by molar-refractivity contribution is 6.00. The smallest absolute Gasteiger partial charge is 0.251 e. The first-order valence-electron chi connectivity index (χ1n) is 5.57. The van der Waals surface area contributed by atoms with Crippen molar-refractivity contribution >= 4 is 11.8 Å². The van der Waals surface area contributed by atoms with Gasteiger partial charge in [0.15, 0.2) is 0 Å². The number of amides is 1. The Morgan fingerprint density at radius 3 is 2.82 bits per heavy atom. The zero-order valence-corrected chi connectivity index (χ0v) is 10.3. The van der Waals surface area contributed by atoms with Gasteiger partial charge in [-0.05, 0) is 32.0 Å². The molecule has 1 heterocycles. The Balaban J connectivity index is 2.32. The maximum atomic E-state index is 11.5. The fourth-order valence-corrected chi connectivity index (χ4v) is 1.67. The Hall–Kier alpha value is -1.84. The van der Waals surface area contributed by atoms with E-state index in [2.05, 4.69) is 10.3 Å².